The van der Waals surface area contributed by atoms with Crippen molar-refractivity contribution in [1.82, 2.24) is 15.1 Å². The highest BCUT2D eigenvalue weighted by Gasteiger charge is 2.39. The molecular weight excluding hydrogens is 320 g/mol. The van der Waals surface area contributed by atoms with Crippen LogP contribution in [0.1, 0.15) is 41.3 Å². The van der Waals surface area contributed by atoms with Gasteiger partial charge >= 0.3 is 0 Å². The van der Waals surface area contributed by atoms with E-state index in [9.17, 15) is 14.4 Å². The van der Waals surface area contributed by atoms with Gasteiger partial charge in [-0.15, -0.1) is 0 Å². The fraction of sp³-hybridized carbons (Fsp3) is 0.500. The zero-order valence-corrected chi connectivity index (χ0v) is 14.6. The van der Waals surface area contributed by atoms with Crippen molar-refractivity contribution in [3.63, 3.8) is 0 Å². The molecule has 3 amide bonds. The summed E-state index contributed by atoms with van der Waals surface area (Å²) in [6.45, 7) is 3.71. The number of carbonyl (C=O) groups excluding carboxylic acids is 3. The highest BCUT2D eigenvalue weighted by molar-refractivity contribution is 6.05. The van der Waals surface area contributed by atoms with Gasteiger partial charge in [0.1, 0.15) is 6.04 Å². The van der Waals surface area contributed by atoms with Crippen molar-refractivity contribution in [3.8, 4) is 0 Å². The van der Waals surface area contributed by atoms with Crippen LogP contribution in [0.4, 0.5) is 0 Å². The van der Waals surface area contributed by atoms with E-state index in [4.69, 9.17) is 5.73 Å². The molecule has 3 rings (SSSR count). The van der Waals surface area contributed by atoms with Crippen molar-refractivity contribution in [3.05, 3.63) is 34.9 Å². The van der Waals surface area contributed by atoms with Gasteiger partial charge in [0.05, 0.1) is 0 Å². The van der Waals surface area contributed by atoms with E-state index in [-0.39, 0.29) is 30.2 Å². The molecule has 2 aliphatic rings. The van der Waals surface area contributed by atoms with E-state index in [1.165, 1.54) is 0 Å². The third kappa shape index (κ3) is 3.57. The van der Waals surface area contributed by atoms with Gasteiger partial charge in [-0.2, -0.15) is 0 Å². The van der Waals surface area contributed by atoms with Crippen LogP contribution in [0.2, 0.25) is 0 Å². The molecule has 1 saturated heterocycles. The summed E-state index contributed by atoms with van der Waals surface area (Å²) in [4.78, 5) is 40.1. The van der Waals surface area contributed by atoms with Gasteiger partial charge in [-0.1, -0.05) is 18.2 Å². The maximum absolute atomic E-state index is 13.0. The number of hydrogen-bond donors (Lipinski definition) is 2. The maximum Gasteiger partial charge on any atom is 0.255 e. The number of fused-ring (bicyclic) bond motifs is 1. The first-order chi connectivity index (χ1) is 11.9. The molecule has 7 heteroatoms. The molecule has 0 aromatic heterocycles. The van der Waals surface area contributed by atoms with Crippen molar-refractivity contribution in [1.29, 1.82) is 0 Å². The minimum atomic E-state index is -0.577. The van der Waals surface area contributed by atoms with Crippen molar-refractivity contribution in [2.24, 2.45) is 5.73 Å². The second-order valence-corrected chi connectivity index (χ2v) is 7.03. The quantitative estimate of drug-likeness (QED) is 0.746. The Hall–Kier alpha value is -2.25. The molecule has 25 heavy (non-hydrogen) atoms. The Balaban J connectivity index is 1.81. The molecule has 7 nitrogen and oxygen atoms in total. The smallest absolute Gasteiger partial charge is 0.255 e. The molecule has 0 saturated carbocycles. The molecule has 2 atom stereocenters. The van der Waals surface area contributed by atoms with Gasteiger partial charge in [0, 0.05) is 37.7 Å². The van der Waals surface area contributed by atoms with Crippen molar-refractivity contribution in [2.75, 3.05) is 13.6 Å². The van der Waals surface area contributed by atoms with E-state index in [2.05, 4.69) is 10.2 Å². The highest BCUT2D eigenvalue weighted by atomic mass is 16.2. The summed E-state index contributed by atoms with van der Waals surface area (Å²) in [5.74, 6) is -0.786. The monoisotopic (exact) mass is 344 g/mol. The first-order valence-electron chi connectivity index (χ1n) is 8.56. The Bertz CT molecular complexity index is 716. The van der Waals surface area contributed by atoms with Crippen LogP contribution in [0.5, 0.6) is 0 Å². The topological polar surface area (TPSA) is 95.7 Å². The Morgan fingerprint density at radius 1 is 1.36 bits per heavy atom. The Kier molecular flexibility index (Phi) is 4.87. The number of likely N-dealkylation sites (N-methyl/N-ethyl adjacent to an activating group) is 1. The predicted molar refractivity (Wildman–Crippen MR) is 92.5 cm³/mol. The SMILES string of the molecule is C[C@H](N)CN(C)Cc1cccc2c1C(=O)N(C1CCC(=O)NC1=O)C2. The molecule has 2 heterocycles. The van der Waals surface area contributed by atoms with E-state index in [1.54, 1.807) is 4.90 Å². The van der Waals surface area contributed by atoms with E-state index >= 15 is 0 Å². The first-order valence-corrected chi connectivity index (χ1v) is 8.56. The van der Waals surface area contributed by atoms with Crippen LogP contribution in [0.25, 0.3) is 0 Å². The van der Waals surface area contributed by atoms with Gasteiger partial charge in [-0.3, -0.25) is 19.7 Å². The van der Waals surface area contributed by atoms with Gasteiger partial charge in [-0.05, 0) is 31.5 Å². The van der Waals surface area contributed by atoms with Crippen molar-refractivity contribution >= 4 is 17.7 Å². The van der Waals surface area contributed by atoms with Gasteiger partial charge in [0.2, 0.25) is 11.8 Å². The minimum Gasteiger partial charge on any atom is -0.327 e. The summed E-state index contributed by atoms with van der Waals surface area (Å²) in [6, 6.07) is 5.29. The lowest BCUT2D eigenvalue weighted by Gasteiger charge is -2.29. The van der Waals surface area contributed by atoms with Crippen LogP contribution in [0.3, 0.4) is 0 Å². The molecule has 1 unspecified atom stereocenters. The summed E-state index contributed by atoms with van der Waals surface area (Å²) in [7, 11) is 1.97. The number of benzene rings is 1. The Labute approximate surface area is 147 Å². The molecule has 1 aromatic rings. The normalized spacial score (nSPS) is 21.5. The van der Waals surface area contributed by atoms with E-state index < -0.39 is 6.04 Å². The van der Waals surface area contributed by atoms with Crippen molar-refractivity contribution < 1.29 is 14.4 Å². The molecule has 134 valence electrons. The predicted octanol–water partition coefficient (Wildman–Crippen LogP) is 0.227. The molecule has 1 fully saturated rings. The Morgan fingerprint density at radius 3 is 2.80 bits per heavy atom. The summed E-state index contributed by atoms with van der Waals surface area (Å²) >= 11 is 0. The zero-order chi connectivity index (χ0) is 18.1. The van der Waals surface area contributed by atoms with Crippen LogP contribution < -0.4 is 11.1 Å². The number of nitrogens with one attached hydrogen (secondary N) is 1. The van der Waals surface area contributed by atoms with Crippen LogP contribution in [0, 0.1) is 0 Å². The third-order valence-corrected chi connectivity index (χ3v) is 4.68. The molecule has 0 radical (unpaired) electrons. The minimum absolute atomic E-state index is 0.0532. The van der Waals surface area contributed by atoms with E-state index in [0.717, 1.165) is 17.7 Å². The van der Waals surface area contributed by atoms with Crippen LogP contribution in [-0.2, 0) is 22.7 Å². The summed E-state index contributed by atoms with van der Waals surface area (Å²) < 4.78 is 0. The lowest BCUT2D eigenvalue weighted by Crippen LogP contribution is -2.52. The van der Waals surface area contributed by atoms with E-state index in [1.807, 2.05) is 32.2 Å². The summed E-state index contributed by atoms with van der Waals surface area (Å²) in [5, 5.41) is 2.33. The average Bonchev–Trinajstić information content (AvgIpc) is 2.84. The fourth-order valence-corrected chi connectivity index (χ4v) is 3.67. The molecule has 1 aromatic carbocycles. The molecular formula is C18H24N4O3. The number of nitrogens with zero attached hydrogens (tertiary/aromatic N) is 2. The maximum atomic E-state index is 13.0. The molecule has 0 aliphatic carbocycles. The second-order valence-electron chi connectivity index (χ2n) is 7.03. The number of piperidine rings is 1. The number of carbonyl (C=O) groups is 3. The second kappa shape index (κ2) is 6.93. The number of hydrogen-bond acceptors (Lipinski definition) is 5. The zero-order valence-electron chi connectivity index (χ0n) is 14.6. The molecule has 2 aliphatic heterocycles. The van der Waals surface area contributed by atoms with Gasteiger partial charge in [-0.25, -0.2) is 0 Å². The third-order valence-electron chi connectivity index (χ3n) is 4.68. The van der Waals surface area contributed by atoms with Gasteiger partial charge in [0.15, 0.2) is 0 Å². The Morgan fingerprint density at radius 2 is 2.12 bits per heavy atom. The van der Waals surface area contributed by atoms with Crippen LogP contribution in [0.15, 0.2) is 18.2 Å². The number of imide groups is 1. The van der Waals surface area contributed by atoms with Crippen LogP contribution >= 0.6 is 0 Å². The highest BCUT2D eigenvalue weighted by Crippen LogP contribution is 2.30. The summed E-state index contributed by atoms with van der Waals surface area (Å²) in [5.41, 5.74) is 8.41. The molecule has 3 N–H and O–H groups in total. The van der Waals surface area contributed by atoms with Crippen molar-refractivity contribution in [2.45, 2.75) is 44.9 Å². The summed E-state index contributed by atoms with van der Waals surface area (Å²) in [6.07, 6.45) is 0.644. The number of amides is 3. The average molecular weight is 344 g/mol. The largest absolute Gasteiger partial charge is 0.327 e. The number of rotatable bonds is 5. The standard InChI is InChI=1S/C18H24N4O3/c1-11(19)8-21(2)9-12-4-3-5-13-10-22(18(25)16(12)13)14-6-7-15(23)20-17(14)24/h3-5,11,14H,6-10,19H2,1-2H3,(H,20,23,24)/t11-,14?/m0/s1. The lowest BCUT2D eigenvalue weighted by molar-refractivity contribution is -0.136. The molecule has 0 bridgehead atoms. The molecule has 0 spiro atoms. The van der Waals surface area contributed by atoms with Crippen LogP contribution in [-0.4, -0.2) is 53.2 Å². The lowest BCUT2D eigenvalue weighted by atomic mass is 10.0. The number of nitrogens with two attached hydrogens (primary N) is 1. The van der Waals surface area contributed by atoms with Gasteiger partial charge in [0.25, 0.3) is 5.91 Å². The first kappa shape index (κ1) is 17.6. The fourth-order valence-electron chi connectivity index (χ4n) is 3.67. The van der Waals surface area contributed by atoms with Gasteiger partial charge < -0.3 is 15.5 Å². The van der Waals surface area contributed by atoms with E-state index in [0.29, 0.717) is 25.1 Å².